The van der Waals surface area contributed by atoms with E-state index < -0.39 is 0 Å². The van der Waals surface area contributed by atoms with Gasteiger partial charge in [0.2, 0.25) is 0 Å². The maximum absolute atomic E-state index is 5.71. The number of thiocarbonyl (C=S) groups is 1. The van der Waals surface area contributed by atoms with E-state index in [-0.39, 0.29) is 0 Å². The molecule has 6 heteroatoms. The SMILES string of the molecule is COCC1CCN(c2nnccc2C(N)=S)CC1. The molecule has 0 aliphatic carbocycles. The molecule has 1 fully saturated rings. The summed E-state index contributed by atoms with van der Waals surface area (Å²) in [5.41, 5.74) is 6.52. The van der Waals surface area contributed by atoms with Crippen LogP contribution >= 0.6 is 12.2 Å². The standard InChI is InChI=1S/C12H18N4OS/c1-17-8-9-3-6-16(7-4-9)12-10(11(13)18)2-5-14-15-12/h2,5,9H,3-4,6-8H2,1H3,(H2,13,18). The fourth-order valence-corrected chi connectivity index (χ4v) is 2.46. The molecule has 18 heavy (non-hydrogen) atoms. The molecule has 0 bridgehead atoms. The van der Waals surface area contributed by atoms with Crippen LogP contribution in [-0.4, -0.2) is 42.0 Å². The minimum atomic E-state index is 0.374. The van der Waals surface area contributed by atoms with Crippen LogP contribution in [0.5, 0.6) is 0 Å². The van der Waals surface area contributed by atoms with Crippen molar-refractivity contribution in [3.8, 4) is 0 Å². The molecule has 1 saturated heterocycles. The molecule has 0 aromatic carbocycles. The van der Waals surface area contributed by atoms with Crippen LogP contribution in [0.3, 0.4) is 0 Å². The van der Waals surface area contributed by atoms with Crippen LogP contribution in [0.25, 0.3) is 0 Å². The van der Waals surface area contributed by atoms with E-state index in [2.05, 4.69) is 15.1 Å². The average molecular weight is 266 g/mol. The largest absolute Gasteiger partial charge is 0.389 e. The number of ether oxygens (including phenoxy) is 1. The fourth-order valence-electron chi connectivity index (χ4n) is 2.30. The number of nitrogens with two attached hydrogens (primary N) is 1. The molecule has 1 aliphatic rings. The number of hydrogen-bond acceptors (Lipinski definition) is 5. The topological polar surface area (TPSA) is 64.3 Å². The third kappa shape index (κ3) is 2.94. The molecule has 2 N–H and O–H groups in total. The van der Waals surface area contributed by atoms with Gasteiger partial charge in [-0.3, -0.25) is 0 Å². The van der Waals surface area contributed by atoms with Crippen molar-refractivity contribution in [3.63, 3.8) is 0 Å². The first-order valence-corrected chi connectivity index (χ1v) is 6.48. The minimum Gasteiger partial charge on any atom is -0.389 e. The number of rotatable bonds is 4. The predicted molar refractivity (Wildman–Crippen MR) is 74.7 cm³/mol. The maximum Gasteiger partial charge on any atom is 0.161 e. The Balaban J connectivity index is 2.07. The Morgan fingerprint density at radius 1 is 1.56 bits per heavy atom. The molecule has 0 saturated carbocycles. The Morgan fingerprint density at radius 2 is 2.28 bits per heavy atom. The number of methoxy groups -OCH3 is 1. The van der Waals surface area contributed by atoms with Crippen molar-refractivity contribution < 1.29 is 4.74 Å². The molecule has 0 spiro atoms. The normalized spacial score (nSPS) is 16.8. The Morgan fingerprint density at radius 3 is 2.89 bits per heavy atom. The lowest BCUT2D eigenvalue weighted by molar-refractivity contribution is 0.139. The number of hydrogen-bond donors (Lipinski definition) is 1. The molecule has 0 atom stereocenters. The number of anilines is 1. The predicted octanol–water partition coefficient (Wildman–Crippen LogP) is 0.974. The molecule has 1 aromatic rings. The van der Waals surface area contributed by atoms with Gasteiger partial charge in [-0.05, 0) is 24.8 Å². The molecule has 0 radical (unpaired) electrons. The van der Waals surface area contributed by atoms with Crippen molar-refractivity contribution in [1.29, 1.82) is 0 Å². The van der Waals surface area contributed by atoms with Gasteiger partial charge in [-0.1, -0.05) is 12.2 Å². The lowest BCUT2D eigenvalue weighted by atomic mass is 9.97. The number of aromatic nitrogens is 2. The Kier molecular flexibility index (Phi) is 4.43. The molecule has 1 aliphatic heterocycles. The quantitative estimate of drug-likeness (QED) is 0.819. The van der Waals surface area contributed by atoms with E-state index in [1.807, 2.05) is 6.07 Å². The van der Waals surface area contributed by atoms with Crippen molar-refractivity contribution in [2.24, 2.45) is 11.7 Å². The Labute approximate surface area is 112 Å². The van der Waals surface area contributed by atoms with Crippen LogP contribution in [-0.2, 0) is 4.74 Å². The van der Waals surface area contributed by atoms with Crippen molar-refractivity contribution in [1.82, 2.24) is 10.2 Å². The fraction of sp³-hybridized carbons (Fsp3) is 0.583. The number of piperidine rings is 1. The minimum absolute atomic E-state index is 0.374. The summed E-state index contributed by atoms with van der Waals surface area (Å²) >= 11 is 5.05. The summed E-state index contributed by atoms with van der Waals surface area (Å²) in [7, 11) is 1.75. The van der Waals surface area contributed by atoms with Crippen LogP contribution in [0, 0.1) is 5.92 Å². The summed E-state index contributed by atoms with van der Waals surface area (Å²) in [6.07, 6.45) is 3.82. The summed E-state index contributed by atoms with van der Waals surface area (Å²) in [5, 5.41) is 8.10. The van der Waals surface area contributed by atoms with Gasteiger partial charge in [0.15, 0.2) is 5.82 Å². The molecule has 0 unspecified atom stereocenters. The van der Waals surface area contributed by atoms with Crippen LogP contribution < -0.4 is 10.6 Å². The van der Waals surface area contributed by atoms with Gasteiger partial charge in [0, 0.05) is 26.8 Å². The second kappa shape index (κ2) is 6.06. The zero-order valence-electron chi connectivity index (χ0n) is 10.5. The molecule has 1 aromatic heterocycles. The first-order valence-electron chi connectivity index (χ1n) is 6.07. The Bertz CT molecular complexity index is 418. The highest BCUT2D eigenvalue weighted by atomic mass is 32.1. The molecule has 5 nitrogen and oxygen atoms in total. The monoisotopic (exact) mass is 266 g/mol. The maximum atomic E-state index is 5.71. The summed E-state index contributed by atoms with van der Waals surface area (Å²) in [6, 6.07) is 1.83. The third-order valence-electron chi connectivity index (χ3n) is 3.28. The van der Waals surface area contributed by atoms with Gasteiger partial charge < -0.3 is 15.4 Å². The molecular formula is C12H18N4OS. The van der Waals surface area contributed by atoms with Gasteiger partial charge in [0.1, 0.15) is 4.99 Å². The van der Waals surface area contributed by atoms with Crippen LogP contribution in [0.2, 0.25) is 0 Å². The van der Waals surface area contributed by atoms with E-state index in [1.165, 1.54) is 0 Å². The number of nitrogens with zero attached hydrogens (tertiary/aromatic N) is 3. The van der Waals surface area contributed by atoms with E-state index in [9.17, 15) is 0 Å². The van der Waals surface area contributed by atoms with E-state index in [1.54, 1.807) is 13.3 Å². The third-order valence-corrected chi connectivity index (χ3v) is 3.50. The van der Waals surface area contributed by atoms with Gasteiger partial charge in [0.05, 0.1) is 11.8 Å². The van der Waals surface area contributed by atoms with E-state index in [4.69, 9.17) is 22.7 Å². The highest BCUT2D eigenvalue weighted by Gasteiger charge is 2.22. The highest BCUT2D eigenvalue weighted by molar-refractivity contribution is 7.80. The molecule has 98 valence electrons. The first kappa shape index (κ1) is 13.2. The molecule has 0 amide bonds. The summed E-state index contributed by atoms with van der Waals surface area (Å²) < 4.78 is 5.20. The van der Waals surface area contributed by atoms with Gasteiger partial charge in [-0.15, -0.1) is 5.10 Å². The van der Waals surface area contributed by atoms with Gasteiger partial charge in [-0.25, -0.2) is 0 Å². The van der Waals surface area contributed by atoms with E-state index >= 15 is 0 Å². The van der Waals surface area contributed by atoms with Gasteiger partial charge >= 0.3 is 0 Å². The Hall–Kier alpha value is -1.27. The zero-order valence-corrected chi connectivity index (χ0v) is 11.3. The zero-order chi connectivity index (χ0) is 13.0. The first-order chi connectivity index (χ1) is 8.72. The smallest absolute Gasteiger partial charge is 0.161 e. The second-order valence-corrected chi connectivity index (χ2v) is 4.96. The van der Waals surface area contributed by atoms with Crippen molar-refractivity contribution >= 4 is 23.0 Å². The molecule has 2 rings (SSSR count). The van der Waals surface area contributed by atoms with Crippen LogP contribution in [0.4, 0.5) is 5.82 Å². The van der Waals surface area contributed by atoms with Crippen molar-refractivity contribution in [2.45, 2.75) is 12.8 Å². The second-order valence-electron chi connectivity index (χ2n) is 4.52. The summed E-state index contributed by atoms with van der Waals surface area (Å²) in [4.78, 5) is 2.58. The lowest BCUT2D eigenvalue weighted by Crippen LogP contribution is -2.37. The van der Waals surface area contributed by atoms with E-state index in [0.29, 0.717) is 10.9 Å². The highest BCUT2D eigenvalue weighted by Crippen LogP contribution is 2.24. The lowest BCUT2D eigenvalue weighted by Gasteiger charge is -2.33. The molecule has 2 heterocycles. The summed E-state index contributed by atoms with van der Waals surface area (Å²) in [5.74, 6) is 1.44. The van der Waals surface area contributed by atoms with Crippen molar-refractivity contribution in [3.05, 3.63) is 17.8 Å². The van der Waals surface area contributed by atoms with Crippen LogP contribution in [0.15, 0.2) is 12.3 Å². The van der Waals surface area contributed by atoms with Gasteiger partial charge in [0.25, 0.3) is 0 Å². The van der Waals surface area contributed by atoms with Crippen molar-refractivity contribution in [2.75, 3.05) is 31.7 Å². The molecular weight excluding hydrogens is 248 g/mol. The summed E-state index contributed by atoms with van der Waals surface area (Å²) in [6.45, 7) is 2.72. The van der Waals surface area contributed by atoms with Gasteiger partial charge in [-0.2, -0.15) is 5.10 Å². The average Bonchev–Trinajstić information content (AvgIpc) is 2.40. The van der Waals surface area contributed by atoms with Crippen LogP contribution in [0.1, 0.15) is 18.4 Å². The van der Waals surface area contributed by atoms with E-state index in [0.717, 1.165) is 43.9 Å².